The number of ether oxygens (including phenoxy) is 4. The van der Waals surface area contributed by atoms with E-state index in [0.29, 0.717) is 6.92 Å². The second-order valence-electron chi connectivity index (χ2n) is 14.4. The Bertz CT molecular complexity index is 2030. The van der Waals surface area contributed by atoms with E-state index in [2.05, 4.69) is 8.37 Å². The molecule has 0 spiro atoms. The lowest BCUT2D eigenvalue weighted by Crippen LogP contribution is -2.50. The molecule has 2 atom stereocenters. The van der Waals surface area contributed by atoms with E-state index in [0.717, 1.165) is 13.8 Å². The highest BCUT2D eigenvalue weighted by Gasteiger charge is 2.52. The molecule has 2 heterocycles. The topological polar surface area (TPSA) is 124 Å². The zero-order valence-electron chi connectivity index (χ0n) is 31.0. The molecule has 0 aromatic heterocycles. The summed E-state index contributed by atoms with van der Waals surface area (Å²) in [6.07, 6.45) is -19.7. The fourth-order valence-electron chi connectivity index (χ4n) is 4.97. The summed E-state index contributed by atoms with van der Waals surface area (Å²) in [5.41, 5.74) is -1.74. The van der Waals surface area contributed by atoms with Crippen LogP contribution in [0.2, 0.25) is 0 Å². The first-order chi connectivity index (χ1) is 26.5. The normalized spacial score (nSPS) is 22.4. The van der Waals surface area contributed by atoms with Gasteiger partial charge in [-0.2, -0.15) is 43.2 Å². The van der Waals surface area contributed by atoms with Crippen molar-refractivity contribution in [3.8, 4) is 0 Å². The maximum absolute atomic E-state index is 14.0. The number of benzene rings is 2. The number of alkyl halides is 6. The summed E-state index contributed by atoms with van der Waals surface area (Å²) in [5, 5.41) is 0. The molecule has 0 saturated carbocycles. The highest BCUT2D eigenvalue weighted by molar-refractivity contribution is 7.87. The molecule has 2 aromatic carbocycles. The summed E-state index contributed by atoms with van der Waals surface area (Å²) in [6.45, 7) is 7.68. The van der Waals surface area contributed by atoms with Gasteiger partial charge in [0.1, 0.15) is 0 Å². The van der Waals surface area contributed by atoms with E-state index in [1.165, 1.54) is 0 Å². The van der Waals surface area contributed by atoms with Crippen molar-refractivity contribution < 1.29 is 110 Å². The van der Waals surface area contributed by atoms with Gasteiger partial charge in [0, 0.05) is 29.7 Å². The first kappa shape index (κ1) is 50.4. The molecule has 2 saturated heterocycles. The Morgan fingerprint density at radius 2 is 0.847 bits per heavy atom. The third kappa shape index (κ3) is 11.7. The molecule has 0 amide bonds. The molecule has 10 nitrogen and oxygen atoms in total. The summed E-state index contributed by atoms with van der Waals surface area (Å²) < 4.78 is 279. The van der Waals surface area contributed by atoms with Crippen LogP contribution >= 0.6 is 0 Å². The van der Waals surface area contributed by atoms with Crippen LogP contribution in [0.15, 0.2) is 9.79 Å². The molecule has 2 fully saturated rings. The van der Waals surface area contributed by atoms with Gasteiger partial charge in [-0.1, -0.05) is 20.8 Å². The minimum atomic E-state index is -6.09. The van der Waals surface area contributed by atoms with Crippen molar-refractivity contribution in [2.24, 2.45) is 11.3 Å². The molecule has 2 aliphatic rings. The summed E-state index contributed by atoms with van der Waals surface area (Å²) in [4.78, 5) is -4.83. The molecule has 338 valence electrons. The van der Waals surface area contributed by atoms with Crippen molar-refractivity contribution in [1.29, 1.82) is 0 Å². The second-order valence-corrected chi connectivity index (χ2v) is 17.4. The summed E-state index contributed by atoms with van der Waals surface area (Å²) in [7, 11) is -12.0. The Balaban J connectivity index is 0.000000316. The Labute approximate surface area is 326 Å². The molecule has 2 aromatic rings. The summed E-state index contributed by atoms with van der Waals surface area (Å²) in [5.74, 6) is -26.7. The molecule has 59 heavy (non-hydrogen) atoms. The van der Waals surface area contributed by atoms with E-state index in [9.17, 15) is 82.7 Å². The SMILES string of the molecule is CC1(C)COC(C)(CC(OS(=O)(=O)c2c(F)c(F)c(F)c(F)c2F)C(F)(F)F)OC1.Cc1c(F)c(F)c(S(=O)(=O)OC(CC2(C)OCC(C)CO2)C(F)(F)F)c(F)c1F. The number of hydrogen-bond donors (Lipinski definition) is 0. The Kier molecular flexibility index (Phi) is 14.9. The van der Waals surface area contributed by atoms with E-state index < -0.39 is 142 Å². The lowest BCUT2D eigenvalue weighted by atomic mass is 9.94. The van der Waals surface area contributed by atoms with Crippen LogP contribution in [0.25, 0.3) is 0 Å². The first-order valence-corrected chi connectivity index (χ1v) is 19.2. The number of halogens is 15. The Morgan fingerprint density at radius 1 is 0.559 bits per heavy atom. The van der Waals surface area contributed by atoms with Gasteiger partial charge in [-0.3, -0.25) is 8.37 Å². The van der Waals surface area contributed by atoms with Crippen LogP contribution in [-0.4, -0.2) is 79.4 Å². The van der Waals surface area contributed by atoms with Gasteiger partial charge in [-0.25, -0.2) is 39.5 Å². The van der Waals surface area contributed by atoms with Crippen molar-refractivity contribution in [1.82, 2.24) is 0 Å². The van der Waals surface area contributed by atoms with Crippen LogP contribution in [0.5, 0.6) is 0 Å². The second kappa shape index (κ2) is 17.4. The quantitative estimate of drug-likeness (QED) is 0.0999. The zero-order valence-corrected chi connectivity index (χ0v) is 32.7. The van der Waals surface area contributed by atoms with Gasteiger partial charge in [0.05, 0.1) is 26.4 Å². The average molecular weight is 927 g/mol. The van der Waals surface area contributed by atoms with Crippen LogP contribution in [0, 0.1) is 70.6 Å². The Morgan fingerprint density at radius 3 is 1.17 bits per heavy atom. The van der Waals surface area contributed by atoms with E-state index in [1.54, 1.807) is 20.8 Å². The number of hydrogen-bond acceptors (Lipinski definition) is 10. The van der Waals surface area contributed by atoms with Crippen LogP contribution in [0.4, 0.5) is 65.9 Å². The van der Waals surface area contributed by atoms with Crippen molar-refractivity contribution in [3.05, 3.63) is 57.9 Å². The van der Waals surface area contributed by atoms with E-state index >= 15 is 0 Å². The minimum Gasteiger partial charge on any atom is -0.350 e. The predicted molar refractivity (Wildman–Crippen MR) is 166 cm³/mol. The number of rotatable bonds is 10. The Hall–Kier alpha value is -2.95. The van der Waals surface area contributed by atoms with Crippen molar-refractivity contribution in [2.75, 3.05) is 26.4 Å². The third-order valence-corrected chi connectivity index (χ3v) is 11.0. The van der Waals surface area contributed by atoms with Gasteiger partial charge in [0.25, 0.3) is 0 Å². The molecule has 0 bridgehead atoms. The lowest BCUT2D eigenvalue weighted by Gasteiger charge is -2.42. The van der Waals surface area contributed by atoms with Gasteiger partial charge in [0.2, 0.25) is 5.82 Å². The molecular formula is C32H33F15O10S2. The predicted octanol–water partition coefficient (Wildman–Crippen LogP) is 8.17. The molecule has 0 N–H and O–H groups in total. The maximum atomic E-state index is 14.0. The average Bonchev–Trinajstić information content (AvgIpc) is 3.10. The van der Waals surface area contributed by atoms with E-state index in [1.807, 2.05) is 0 Å². The maximum Gasteiger partial charge on any atom is 0.416 e. The van der Waals surface area contributed by atoms with Crippen molar-refractivity contribution in [2.45, 2.75) is 100 Å². The van der Waals surface area contributed by atoms with Gasteiger partial charge in [-0.15, -0.1) is 0 Å². The van der Waals surface area contributed by atoms with Gasteiger partial charge >= 0.3 is 32.6 Å². The van der Waals surface area contributed by atoms with E-state index in [4.69, 9.17) is 18.9 Å². The van der Waals surface area contributed by atoms with Gasteiger partial charge in [0.15, 0.2) is 80.1 Å². The van der Waals surface area contributed by atoms with Crippen LogP contribution in [0.3, 0.4) is 0 Å². The molecular weight excluding hydrogens is 893 g/mol. The largest absolute Gasteiger partial charge is 0.416 e. The fourth-order valence-corrected chi connectivity index (χ4v) is 7.37. The molecule has 0 aliphatic carbocycles. The molecule has 0 radical (unpaired) electrons. The standard InChI is InChI=1S/C16H16F8O5S.C16H17F7O5S/c1-14(2)5-27-15(3,28-6-14)4-7(16(22,23)24)29-30(25,26)13-11(20)9(18)8(17)10(19)12(13)21;1-7-5-26-15(3,27-6-7)4-9(16(21,22)23)28-29(24,25)14-12(19)10(17)8(2)11(18)13(14)20/h7H,4-6H2,1-3H3;7,9H,4-6H2,1-3H3. The van der Waals surface area contributed by atoms with Crippen LogP contribution in [-0.2, 0) is 47.5 Å². The van der Waals surface area contributed by atoms with Gasteiger partial charge in [-0.05, 0) is 20.8 Å². The molecule has 4 rings (SSSR count). The fraction of sp³-hybridized carbons (Fsp3) is 0.625. The zero-order chi connectivity index (χ0) is 45.6. The van der Waals surface area contributed by atoms with Crippen molar-refractivity contribution >= 4 is 20.2 Å². The first-order valence-electron chi connectivity index (χ1n) is 16.4. The molecule has 2 aliphatic heterocycles. The van der Waals surface area contributed by atoms with Crippen molar-refractivity contribution in [3.63, 3.8) is 0 Å². The summed E-state index contributed by atoms with van der Waals surface area (Å²) >= 11 is 0. The van der Waals surface area contributed by atoms with Gasteiger partial charge < -0.3 is 18.9 Å². The highest BCUT2D eigenvalue weighted by Crippen LogP contribution is 2.40. The molecule has 27 heteroatoms. The van der Waals surface area contributed by atoms with Crippen LogP contribution < -0.4 is 0 Å². The third-order valence-electron chi connectivity index (χ3n) is 8.32. The van der Waals surface area contributed by atoms with Crippen LogP contribution in [0.1, 0.15) is 53.0 Å². The smallest absolute Gasteiger partial charge is 0.350 e. The minimum absolute atomic E-state index is 0.00542. The lowest BCUT2D eigenvalue weighted by molar-refractivity contribution is -0.312. The molecule has 2 unspecified atom stereocenters. The monoisotopic (exact) mass is 926 g/mol. The highest BCUT2D eigenvalue weighted by atomic mass is 32.2. The summed E-state index contributed by atoms with van der Waals surface area (Å²) in [6, 6.07) is 0. The van der Waals surface area contributed by atoms with E-state index in [-0.39, 0.29) is 32.3 Å².